The molecule has 3 rings (SSSR count). The molecule has 25 heavy (non-hydrogen) atoms. The van der Waals surface area contributed by atoms with E-state index in [9.17, 15) is 18.0 Å². The highest BCUT2D eigenvalue weighted by Gasteiger charge is 2.31. The summed E-state index contributed by atoms with van der Waals surface area (Å²) < 4.78 is 38.7. The fourth-order valence-corrected chi connectivity index (χ4v) is 3.27. The molecular formula is C17H15F3IN3O. The Morgan fingerprint density at radius 3 is 2.72 bits per heavy atom. The van der Waals surface area contributed by atoms with Gasteiger partial charge >= 0.3 is 6.18 Å². The zero-order valence-corrected chi connectivity index (χ0v) is 15.2. The first-order valence-corrected chi connectivity index (χ1v) is 8.75. The first kappa shape index (κ1) is 18.0. The van der Waals surface area contributed by atoms with Crippen LogP contribution in [0, 0.1) is 3.57 Å². The molecule has 1 aliphatic heterocycles. The van der Waals surface area contributed by atoms with E-state index in [1.54, 1.807) is 12.1 Å². The summed E-state index contributed by atoms with van der Waals surface area (Å²) in [5.41, 5.74) is -0.169. The molecule has 1 aromatic heterocycles. The van der Waals surface area contributed by atoms with Gasteiger partial charge < -0.3 is 10.2 Å². The molecule has 1 fully saturated rings. The van der Waals surface area contributed by atoms with Crippen LogP contribution in [-0.2, 0) is 6.18 Å². The molecule has 1 aliphatic rings. The normalized spacial score (nSPS) is 17.6. The molecule has 0 spiro atoms. The lowest BCUT2D eigenvalue weighted by molar-refractivity contribution is -0.137. The van der Waals surface area contributed by atoms with E-state index in [4.69, 9.17) is 0 Å². The van der Waals surface area contributed by atoms with Gasteiger partial charge in [0.2, 0.25) is 0 Å². The predicted molar refractivity (Wildman–Crippen MR) is 96.5 cm³/mol. The molecule has 4 nitrogen and oxygen atoms in total. The summed E-state index contributed by atoms with van der Waals surface area (Å²) in [6, 6.07) is 9.62. The number of aromatic nitrogens is 1. The Morgan fingerprint density at radius 1 is 1.28 bits per heavy atom. The van der Waals surface area contributed by atoms with Gasteiger partial charge in [-0.25, -0.2) is 4.98 Å². The molecular weight excluding hydrogens is 446 g/mol. The smallest absolute Gasteiger partial charge is 0.354 e. The SMILES string of the molecule is O=C(NC1CCN(c2ccc(C(F)(F)F)cn2)C1)c1cccc(I)c1. The Morgan fingerprint density at radius 2 is 2.08 bits per heavy atom. The number of pyridine rings is 1. The Labute approximate surface area is 156 Å². The van der Waals surface area contributed by atoms with Gasteiger partial charge in [-0.3, -0.25) is 4.79 Å². The summed E-state index contributed by atoms with van der Waals surface area (Å²) in [4.78, 5) is 18.1. The van der Waals surface area contributed by atoms with Crippen LogP contribution < -0.4 is 10.2 Å². The number of carbonyl (C=O) groups excluding carboxylic acids is 1. The van der Waals surface area contributed by atoms with Crippen molar-refractivity contribution in [1.29, 1.82) is 0 Å². The van der Waals surface area contributed by atoms with Crippen molar-refractivity contribution in [3.8, 4) is 0 Å². The van der Waals surface area contributed by atoms with Gasteiger partial charge in [0, 0.05) is 34.5 Å². The quantitative estimate of drug-likeness (QED) is 0.710. The van der Waals surface area contributed by atoms with Gasteiger partial charge in [-0.2, -0.15) is 13.2 Å². The highest BCUT2D eigenvalue weighted by atomic mass is 127. The van der Waals surface area contributed by atoms with Crippen LogP contribution in [0.15, 0.2) is 42.6 Å². The molecule has 0 saturated carbocycles. The molecule has 1 unspecified atom stereocenters. The molecule has 0 bridgehead atoms. The molecule has 0 radical (unpaired) electrons. The van der Waals surface area contributed by atoms with Crippen molar-refractivity contribution < 1.29 is 18.0 Å². The molecule has 1 atom stereocenters. The maximum Gasteiger partial charge on any atom is 0.417 e. The van der Waals surface area contributed by atoms with Crippen LogP contribution in [0.1, 0.15) is 22.3 Å². The van der Waals surface area contributed by atoms with Gasteiger partial charge in [0.05, 0.1) is 5.56 Å². The van der Waals surface area contributed by atoms with Crippen molar-refractivity contribution in [3.63, 3.8) is 0 Å². The molecule has 8 heteroatoms. The average Bonchev–Trinajstić information content (AvgIpc) is 3.02. The van der Waals surface area contributed by atoms with Crippen molar-refractivity contribution in [2.75, 3.05) is 18.0 Å². The van der Waals surface area contributed by atoms with Crippen molar-refractivity contribution in [1.82, 2.24) is 10.3 Å². The molecule has 0 aliphatic carbocycles. The number of alkyl halides is 3. The number of carbonyl (C=O) groups is 1. The Bertz CT molecular complexity index is 764. The lowest BCUT2D eigenvalue weighted by Gasteiger charge is -2.18. The van der Waals surface area contributed by atoms with E-state index in [2.05, 4.69) is 32.9 Å². The second kappa shape index (κ2) is 7.19. The zero-order valence-electron chi connectivity index (χ0n) is 13.1. The molecule has 1 saturated heterocycles. The number of nitrogens with one attached hydrogen (secondary N) is 1. The fraction of sp³-hybridized carbons (Fsp3) is 0.294. The maximum absolute atomic E-state index is 12.6. The van der Waals surface area contributed by atoms with Crippen LogP contribution in [0.25, 0.3) is 0 Å². The predicted octanol–water partition coefficient (Wildman–Crippen LogP) is 3.71. The molecule has 2 aromatic rings. The van der Waals surface area contributed by atoms with Crippen LogP contribution in [-0.4, -0.2) is 30.0 Å². The van der Waals surface area contributed by atoms with Crippen molar-refractivity contribution >= 4 is 34.3 Å². The van der Waals surface area contributed by atoms with Crippen LogP contribution in [0.4, 0.5) is 19.0 Å². The van der Waals surface area contributed by atoms with Crippen LogP contribution in [0.5, 0.6) is 0 Å². The van der Waals surface area contributed by atoms with Crippen LogP contribution in [0.2, 0.25) is 0 Å². The van der Waals surface area contributed by atoms with Gasteiger partial charge in [0.25, 0.3) is 5.91 Å². The van der Waals surface area contributed by atoms with Crippen LogP contribution >= 0.6 is 22.6 Å². The molecule has 1 amide bonds. The monoisotopic (exact) mass is 461 g/mol. The minimum Gasteiger partial charge on any atom is -0.354 e. The highest BCUT2D eigenvalue weighted by molar-refractivity contribution is 14.1. The number of amides is 1. The summed E-state index contributed by atoms with van der Waals surface area (Å²) in [7, 11) is 0. The molecule has 2 heterocycles. The van der Waals surface area contributed by atoms with E-state index in [0.29, 0.717) is 24.5 Å². The third-order valence-corrected chi connectivity index (χ3v) is 4.68. The lowest BCUT2D eigenvalue weighted by atomic mass is 10.2. The second-order valence-corrected chi connectivity index (χ2v) is 7.06. The third-order valence-electron chi connectivity index (χ3n) is 4.01. The van der Waals surface area contributed by atoms with E-state index in [1.165, 1.54) is 6.07 Å². The largest absolute Gasteiger partial charge is 0.417 e. The van der Waals surface area contributed by atoms with E-state index >= 15 is 0 Å². The summed E-state index contributed by atoms with van der Waals surface area (Å²) in [5, 5.41) is 2.97. The second-order valence-electron chi connectivity index (χ2n) is 5.82. The van der Waals surface area contributed by atoms with Gasteiger partial charge in [0.15, 0.2) is 0 Å². The Hall–Kier alpha value is -1.84. The average molecular weight is 461 g/mol. The lowest BCUT2D eigenvalue weighted by Crippen LogP contribution is -2.37. The van der Waals surface area contributed by atoms with Crippen molar-refractivity contribution in [3.05, 3.63) is 57.3 Å². The van der Waals surface area contributed by atoms with Gasteiger partial charge in [-0.05, 0) is 59.3 Å². The molecule has 1 N–H and O–H groups in total. The van der Waals surface area contributed by atoms with Crippen molar-refractivity contribution in [2.45, 2.75) is 18.6 Å². The maximum atomic E-state index is 12.6. The Kier molecular flexibility index (Phi) is 5.16. The van der Waals surface area contributed by atoms with E-state index in [-0.39, 0.29) is 11.9 Å². The summed E-state index contributed by atoms with van der Waals surface area (Å²) >= 11 is 2.15. The Balaban J connectivity index is 1.61. The molecule has 132 valence electrons. The van der Waals surface area contributed by atoms with E-state index in [1.807, 2.05) is 17.0 Å². The fourth-order valence-electron chi connectivity index (χ4n) is 2.73. The van der Waals surface area contributed by atoms with Gasteiger partial charge in [-0.1, -0.05) is 6.07 Å². The summed E-state index contributed by atoms with van der Waals surface area (Å²) in [6.45, 7) is 1.16. The number of anilines is 1. The number of nitrogens with zero attached hydrogens (tertiary/aromatic N) is 2. The minimum absolute atomic E-state index is 0.0607. The highest BCUT2D eigenvalue weighted by Crippen LogP contribution is 2.29. The minimum atomic E-state index is -4.39. The third kappa shape index (κ3) is 4.42. The molecule has 1 aromatic carbocycles. The number of hydrogen-bond acceptors (Lipinski definition) is 3. The van der Waals surface area contributed by atoms with E-state index in [0.717, 1.165) is 22.3 Å². The number of rotatable bonds is 3. The number of benzene rings is 1. The topological polar surface area (TPSA) is 45.2 Å². The summed E-state index contributed by atoms with van der Waals surface area (Å²) in [5.74, 6) is 0.338. The van der Waals surface area contributed by atoms with Crippen molar-refractivity contribution in [2.24, 2.45) is 0 Å². The van der Waals surface area contributed by atoms with Gasteiger partial charge in [-0.15, -0.1) is 0 Å². The van der Waals surface area contributed by atoms with Crippen LogP contribution in [0.3, 0.4) is 0 Å². The first-order chi connectivity index (χ1) is 11.8. The number of hydrogen-bond donors (Lipinski definition) is 1. The van der Waals surface area contributed by atoms with E-state index < -0.39 is 11.7 Å². The van der Waals surface area contributed by atoms with Gasteiger partial charge in [0.1, 0.15) is 5.82 Å². The standard InChI is InChI=1S/C17H15F3IN3O/c18-17(19,20)12-4-5-15(22-9-12)24-7-6-14(10-24)23-16(25)11-2-1-3-13(21)8-11/h1-5,8-9,14H,6-7,10H2,(H,23,25). The zero-order chi connectivity index (χ0) is 18.0. The summed E-state index contributed by atoms with van der Waals surface area (Å²) in [6.07, 6.45) is -2.83. The first-order valence-electron chi connectivity index (χ1n) is 7.67. The number of halogens is 4.